The van der Waals surface area contributed by atoms with Gasteiger partial charge < -0.3 is 14.2 Å². The first-order chi connectivity index (χ1) is 4.57. The van der Waals surface area contributed by atoms with Crippen LogP contribution in [0.3, 0.4) is 0 Å². The van der Waals surface area contributed by atoms with Crippen LogP contribution in [0.1, 0.15) is 0 Å². The molecule has 0 amide bonds. The number of hydrogen-bond acceptors (Lipinski definition) is 3. The first kappa shape index (κ1) is 9.36. The molecule has 0 aromatic carbocycles. The van der Waals surface area contributed by atoms with E-state index >= 15 is 0 Å². The Hall–Kier alpha value is -0.635. The van der Waals surface area contributed by atoms with E-state index in [1.54, 1.807) is 0 Å². The highest BCUT2D eigenvalue weighted by Crippen LogP contribution is 1.98. The van der Waals surface area contributed by atoms with Gasteiger partial charge in [0.2, 0.25) is 0 Å². The summed E-state index contributed by atoms with van der Waals surface area (Å²) in [6, 6.07) is 0. The molecule has 0 aliphatic rings. The topological polar surface area (TPSA) is 21.7 Å². The highest BCUT2D eigenvalue weighted by molar-refractivity contribution is 6.47. The van der Waals surface area contributed by atoms with E-state index in [0.717, 1.165) is 0 Å². The Morgan fingerprint density at radius 1 is 1.50 bits per heavy atom. The lowest BCUT2D eigenvalue weighted by Crippen LogP contribution is -2.32. The van der Waals surface area contributed by atoms with Crippen molar-refractivity contribution in [2.24, 2.45) is 0 Å². The Morgan fingerprint density at radius 2 is 2.00 bits per heavy atom. The third kappa shape index (κ3) is 3.40. The predicted molar refractivity (Wildman–Crippen MR) is 42.5 cm³/mol. The minimum absolute atomic E-state index is 0.00690. The second-order valence-electron chi connectivity index (χ2n) is 2.26. The molecule has 0 aliphatic carbocycles. The minimum atomic E-state index is 0.00690. The van der Waals surface area contributed by atoms with Gasteiger partial charge in [0.25, 0.3) is 5.95 Å². The van der Waals surface area contributed by atoms with Crippen molar-refractivity contribution >= 4 is 7.05 Å². The average molecular weight is 143 g/mol. The summed E-state index contributed by atoms with van der Waals surface area (Å²) in [5, 5.41) is 0. The molecule has 0 fully saturated rings. The van der Waals surface area contributed by atoms with Gasteiger partial charge in [0.05, 0.1) is 7.11 Å². The number of ether oxygens (including phenoxy) is 1. The molecule has 0 rings (SSSR count). The van der Waals surface area contributed by atoms with Gasteiger partial charge in [0.1, 0.15) is 0 Å². The Kier molecular flexibility index (Phi) is 3.96. The molecule has 3 nitrogen and oxygen atoms in total. The maximum absolute atomic E-state index is 5.17. The molecule has 4 heteroatoms. The highest BCUT2D eigenvalue weighted by atomic mass is 16.6. The van der Waals surface area contributed by atoms with Gasteiger partial charge in [-0.05, 0) is 27.5 Å². The van der Waals surface area contributed by atoms with E-state index in [4.69, 9.17) is 9.39 Å². The molecule has 0 saturated heterocycles. The third-order valence-corrected chi connectivity index (χ3v) is 1.26. The van der Waals surface area contributed by atoms with Gasteiger partial charge in [0.15, 0.2) is 0 Å². The van der Waals surface area contributed by atoms with Crippen LogP contribution in [0.15, 0.2) is 12.5 Å². The minimum Gasteiger partial charge on any atom is -0.520 e. The Labute approximate surface area is 62.7 Å². The normalized spacial score (nSPS) is 9.30. The van der Waals surface area contributed by atoms with Crippen LogP contribution in [0, 0.1) is 0 Å². The number of methoxy groups -OCH3 is 1. The molecule has 0 unspecified atom stereocenters. The fraction of sp³-hybridized carbons (Fsp3) is 0.667. The molecule has 0 saturated carbocycles. The van der Waals surface area contributed by atoms with Crippen molar-refractivity contribution in [1.82, 2.24) is 4.81 Å². The van der Waals surface area contributed by atoms with Gasteiger partial charge in [-0.3, -0.25) is 0 Å². The van der Waals surface area contributed by atoms with E-state index in [1.165, 1.54) is 7.11 Å². The second kappa shape index (κ2) is 4.22. The Bertz CT molecular complexity index is 116. The molecule has 0 aliphatic heterocycles. The number of hydrogen-bond donors (Lipinski definition) is 0. The molecule has 0 aromatic rings. The summed E-state index contributed by atoms with van der Waals surface area (Å²) in [6.45, 7) is 5.45. The molecule has 0 aromatic heterocycles. The summed E-state index contributed by atoms with van der Waals surface area (Å²) in [4.78, 5) is 1.92. The van der Waals surface area contributed by atoms with Crippen molar-refractivity contribution in [3.63, 3.8) is 0 Å². The van der Waals surface area contributed by atoms with Crippen LogP contribution < -0.4 is 0 Å². The smallest absolute Gasteiger partial charge is 0.447 e. The van der Waals surface area contributed by atoms with Crippen LogP contribution in [0.2, 0.25) is 6.82 Å². The van der Waals surface area contributed by atoms with Gasteiger partial charge in [-0.15, -0.1) is 0 Å². The molecule has 10 heavy (non-hydrogen) atoms. The van der Waals surface area contributed by atoms with Crippen molar-refractivity contribution in [3.8, 4) is 0 Å². The van der Waals surface area contributed by atoms with E-state index in [9.17, 15) is 0 Å². The van der Waals surface area contributed by atoms with E-state index in [2.05, 4.69) is 6.58 Å². The summed E-state index contributed by atoms with van der Waals surface area (Å²) < 4.78 is 9.90. The van der Waals surface area contributed by atoms with E-state index in [-0.39, 0.29) is 7.05 Å². The summed E-state index contributed by atoms with van der Waals surface area (Å²) in [6.07, 6.45) is 0. The fourth-order valence-corrected chi connectivity index (χ4v) is 0.344. The van der Waals surface area contributed by atoms with Gasteiger partial charge in [0, 0.05) is 0 Å². The first-order valence-corrected chi connectivity index (χ1v) is 3.14. The molecule has 0 N–H and O–H groups in total. The zero-order chi connectivity index (χ0) is 8.15. The molecule has 58 valence electrons. The van der Waals surface area contributed by atoms with E-state index in [1.807, 2.05) is 25.7 Å². The van der Waals surface area contributed by atoms with Crippen molar-refractivity contribution in [2.45, 2.75) is 6.82 Å². The van der Waals surface area contributed by atoms with E-state index in [0.29, 0.717) is 5.95 Å². The van der Waals surface area contributed by atoms with E-state index < -0.39 is 0 Å². The zero-order valence-corrected chi connectivity index (χ0v) is 7.05. The largest absolute Gasteiger partial charge is 0.520 e. The molecule has 0 atom stereocenters. The third-order valence-electron chi connectivity index (χ3n) is 1.26. The SMILES string of the molecule is C=C(OC)OB(C)N(C)C. The average Bonchev–Trinajstić information content (AvgIpc) is 1.87. The van der Waals surface area contributed by atoms with Gasteiger partial charge in [-0.1, -0.05) is 0 Å². The lowest BCUT2D eigenvalue weighted by atomic mass is 9.86. The maximum atomic E-state index is 5.17. The first-order valence-electron chi connectivity index (χ1n) is 3.14. The lowest BCUT2D eigenvalue weighted by molar-refractivity contribution is 0.145. The lowest BCUT2D eigenvalue weighted by Gasteiger charge is -2.17. The highest BCUT2D eigenvalue weighted by Gasteiger charge is 2.13. The van der Waals surface area contributed by atoms with Crippen LogP contribution in [-0.2, 0) is 9.39 Å². The Balaban J connectivity index is 3.57. The summed E-state index contributed by atoms with van der Waals surface area (Å²) in [7, 11) is 5.39. The van der Waals surface area contributed by atoms with Gasteiger partial charge in [-0.25, -0.2) is 0 Å². The molecule has 0 spiro atoms. The predicted octanol–water partition coefficient (Wildman–Crippen LogP) is 0.800. The van der Waals surface area contributed by atoms with Crippen molar-refractivity contribution in [2.75, 3.05) is 21.2 Å². The van der Waals surface area contributed by atoms with Crippen LogP contribution in [0.25, 0.3) is 0 Å². The van der Waals surface area contributed by atoms with Gasteiger partial charge >= 0.3 is 7.05 Å². The van der Waals surface area contributed by atoms with Crippen LogP contribution >= 0.6 is 0 Å². The summed E-state index contributed by atoms with van der Waals surface area (Å²) >= 11 is 0. The molecule has 0 bridgehead atoms. The van der Waals surface area contributed by atoms with Crippen molar-refractivity contribution < 1.29 is 9.39 Å². The van der Waals surface area contributed by atoms with Gasteiger partial charge in [-0.2, -0.15) is 0 Å². The quantitative estimate of drug-likeness (QED) is 0.429. The second-order valence-corrected chi connectivity index (χ2v) is 2.26. The van der Waals surface area contributed by atoms with Crippen LogP contribution in [-0.4, -0.2) is 33.1 Å². The van der Waals surface area contributed by atoms with Crippen LogP contribution in [0.5, 0.6) is 0 Å². The Morgan fingerprint density at radius 3 is 2.30 bits per heavy atom. The number of nitrogens with zero attached hydrogens (tertiary/aromatic N) is 1. The maximum Gasteiger partial charge on any atom is 0.447 e. The van der Waals surface area contributed by atoms with Crippen LogP contribution in [0.4, 0.5) is 0 Å². The monoisotopic (exact) mass is 143 g/mol. The van der Waals surface area contributed by atoms with Crippen molar-refractivity contribution in [3.05, 3.63) is 12.5 Å². The standard InChI is InChI=1S/C6H14BNO2/c1-6(9-5)10-7(2)8(3)4/h1H2,2-5H3. The molecular weight excluding hydrogens is 129 g/mol. The number of rotatable bonds is 4. The molecule has 0 heterocycles. The van der Waals surface area contributed by atoms with Crippen molar-refractivity contribution in [1.29, 1.82) is 0 Å². The molecular formula is C6H14BNO2. The zero-order valence-electron chi connectivity index (χ0n) is 7.05. The fourth-order valence-electron chi connectivity index (χ4n) is 0.344. The summed E-state index contributed by atoms with van der Waals surface area (Å²) in [5.74, 6) is 0.348. The molecule has 0 radical (unpaired) electrons. The summed E-state index contributed by atoms with van der Waals surface area (Å²) in [5.41, 5.74) is 0.